The number of hydrogen-bond acceptors (Lipinski definition) is 4. The van der Waals surface area contributed by atoms with E-state index in [0.717, 1.165) is 25.0 Å². The largest absolute Gasteiger partial charge is 0.494 e. The van der Waals surface area contributed by atoms with Crippen molar-refractivity contribution in [3.05, 3.63) is 35.4 Å². The van der Waals surface area contributed by atoms with Gasteiger partial charge in [-0.05, 0) is 43.5 Å². The van der Waals surface area contributed by atoms with Crippen LogP contribution in [0.1, 0.15) is 25.3 Å². The normalized spacial score (nSPS) is 17.8. The molecular formula is C17H20N2O3. The van der Waals surface area contributed by atoms with E-state index in [4.69, 9.17) is 9.47 Å². The molecule has 5 nitrogen and oxygen atoms in total. The summed E-state index contributed by atoms with van der Waals surface area (Å²) in [5, 5.41) is 11.9. The number of benzene rings is 1. The summed E-state index contributed by atoms with van der Waals surface area (Å²) in [6.45, 7) is 3.66. The molecule has 1 fully saturated rings. The summed E-state index contributed by atoms with van der Waals surface area (Å²) in [4.78, 5) is 12.1. The highest BCUT2D eigenvalue weighted by molar-refractivity contribution is 6.01. The minimum Gasteiger partial charge on any atom is -0.494 e. The van der Waals surface area contributed by atoms with Crippen LogP contribution >= 0.6 is 0 Å². The topological polar surface area (TPSA) is 71.3 Å². The van der Waals surface area contributed by atoms with E-state index in [0.29, 0.717) is 18.9 Å². The molecule has 1 aliphatic rings. The number of carbonyl (C=O) groups is 1. The Balaban J connectivity index is 2.01. The lowest BCUT2D eigenvalue weighted by molar-refractivity contribution is -0.117. The summed E-state index contributed by atoms with van der Waals surface area (Å²) >= 11 is 0. The molecule has 1 atom stereocenters. The number of amides is 1. The predicted octanol–water partition coefficient (Wildman–Crippen LogP) is 2.29. The average Bonchev–Trinajstić information content (AvgIpc) is 3.04. The Hall–Kier alpha value is -2.32. The van der Waals surface area contributed by atoms with E-state index in [2.05, 4.69) is 5.32 Å². The standard InChI is InChI=1S/C17H20N2O3/c1-2-21-15-6-3-5-13(10-15)9-14(11-18)17(20)19-12-16-7-4-8-22-16/h3,5-6,9-10,16H,2,4,7-8,12H2,1H3,(H,19,20)/b14-9+/t16-/m0/s1. The van der Waals surface area contributed by atoms with Crippen LogP contribution in [-0.2, 0) is 9.53 Å². The van der Waals surface area contributed by atoms with Crippen LogP contribution < -0.4 is 10.1 Å². The molecule has 0 spiro atoms. The van der Waals surface area contributed by atoms with Gasteiger partial charge in [0.2, 0.25) is 0 Å². The van der Waals surface area contributed by atoms with Gasteiger partial charge in [-0.1, -0.05) is 12.1 Å². The van der Waals surface area contributed by atoms with Gasteiger partial charge in [-0.3, -0.25) is 4.79 Å². The van der Waals surface area contributed by atoms with E-state index >= 15 is 0 Å². The molecule has 0 saturated carbocycles. The van der Waals surface area contributed by atoms with Gasteiger partial charge in [0.05, 0.1) is 12.7 Å². The van der Waals surface area contributed by atoms with Gasteiger partial charge in [0.1, 0.15) is 17.4 Å². The highest BCUT2D eigenvalue weighted by atomic mass is 16.5. The summed E-state index contributed by atoms with van der Waals surface area (Å²) in [6, 6.07) is 9.24. The van der Waals surface area contributed by atoms with Crippen molar-refractivity contribution in [3.63, 3.8) is 0 Å². The molecule has 5 heteroatoms. The third kappa shape index (κ3) is 4.61. The fraction of sp³-hybridized carbons (Fsp3) is 0.412. The monoisotopic (exact) mass is 300 g/mol. The minimum absolute atomic E-state index is 0.0603. The molecule has 0 unspecified atom stereocenters. The lowest BCUT2D eigenvalue weighted by Crippen LogP contribution is -2.32. The van der Waals surface area contributed by atoms with Gasteiger partial charge in [0.15, 0.2) is 0 Å². The summed E-state index contributed by atoms with van der Waals surface area (Å²) in [7, 11) is 0. The smallest absolute Gasteiger partial charge is 0.262 e. The van der Waals surface area contributed by atoms with E-state index in [9.17, 15) is 10.1 Å². The lowest BCUT2D eigenvalue weighted by Gasteiger charge is -2.10. The van der Waals surface area contributed by atoms with Crippen molar-refractivity contribution >= 4 is 12.0 Å². The van der Waals surface area contributed by atoms with Crippen molar-refractivity contribution in [2.24, 2.45) is 0 Å². The van der Waals surface area contributed by atoms with Crippen LogP contribution in [0.4, 0.5) is 0 Å². The lowest BCUT2D eigenvalue weighted by atomic mass is 10.1. The van der Waals surface area contributed by atoms with Crippen molar-refractivity contribution < 1.29 is 14.3 Å². The molecule has 1 aromatic rings. The summed E-state index contributed by atoms with van der Waals surface area (Å²) < 4.78 is 10.9. The van der Waals surface area contributed by atoms with Crippen LogP contribution in [0.5, 0.6) is 5.75 Å². The van der Waals surface area contributed by atoms with Gasteiger partial charge >= 0.3 is 0 Å². The second kappa shape index (κ2) is 8.20. The van der Waals surface area contributed by atoms with E-state index in [-0.39, 0.29) is 17.6 Å². The number of ether oxygens (including phenoxy) is 2. The predicted molar refractivity (Wildman–Crippen MR) is 83.2 cm³/mol. The van der Waals surface area contributed by atoms with E-state index in [1.165, 1.54) is 0 Å². The van der Waals surface area contributed by atoms with E-state index in [1.807, 2.05) is 31.2 Å². The zero-order valence-electron chi connectivity index (χ0n) is 12.7. The number of carbonyl (C=O) groups excluding carboxylic acids is 1. The van der Waals surface area contributed by atoms with Gasteiger partial charge in [-0.15, -0.1) is 0 Å². The quantitative estimate of drug-likeness (QED) is 0.646. The van der Waals surface area contributed by atoms with Gasteiger partial charge in [0.25, 0.3) is 5.91 Å². The van der Waals surface area contributed by atoms with Crippen molar-refractivity contribution in [2.45, 2.75) is 25.9 Å². The molecule has 22 heavy (non-hydrogen) atoms. The molecule has 1 saturated heterocycles. The first kappa shape index (κ1) is 16.1. The Kier molecular flexibility index (Phi) is 5.99. The van der Waals surface area contributed by atoms with Crippen LogP contribution in [0.3, 0.4) is 0 Å². The molecule has 0 radical (unpaired) electrons. The molecule has 1 N–H and O–H groups in total. The molecule has 0 bridgehead atoms. The maximum atomic E-state index is 12.1. The van der Waals surface area contributed by atoms with Crippen LogP contribution in [-0.4, -0.2) is 31.8 Å². The second-order valence-corrected chi connectivity index (χ2v) is 5.02. The maximum Gasteiger partial charge on any atom is 0.262 e. The molecule has 116 valence electrons. The maximum absolute atomic E-state index is 12.1. The Morgan fingerprint density at radius 1 is 1.59 bits per heavy atom. The number of nitriles is 1. The Morgan fingerprint density at radius 3 is 3.14 bits per heavy atom. The minimum atomic E-state index is -0.375. The second-order valence-electron chi connectivity index (χ2n) is 5.02. The van der Waals surface area contributed by atoms with Crippen molar-refractivity contribution in [2.75, 3.05) is 19.8 Å². The fourth-order valence-corrected chi connectivity index (χ4v) is 2.28. The number of hydrogen-bond donors (Lipinski definition) is 1. The highest BCUT2D eigenvalue weighted by Crippen LogP contribution is 2.16. The SMILES string of the molecule is CCOc1cccc(/C=C(\C#N)C(=O)NC[C@@H]2CCCO2)c1. The molecule has 1 aromatic carbocycles. The molecule has 2 rings (SSSR count). The van der Waals surface area contributed by atoms with Crippen LogP contribution in [0.2, 0.25) is 0 Å². The molecular weight excluding hydrogens is 280 g/mol. The van der Waals surface area contributed by atoms with Gasteiger partial charge in [-0.25, -0.2) is 0 Å². The summed E-state index contributed by atoms with van der Waals surface area (Å²) in [6.07, 6.45) is 3.59. The highest BCUT2D eigenvalue weighted by Gasteiger charge is 2.17. The van der Waals surface area contributed by atoms with E-state index in [1.54, 1.807) is 12.1 Å². The Bertz CT molecular complexity index is 584. The zero-order chi connectivity index (χ0) is 15.8. The third-order valence-corrected chi connectivity index (χ3v) is 3.36. The third-order valence-electron chi connectivity index (χ3n) is 3.36. The van der Waals surface area contributed by atoms with E-state index < -0.39 is 0 Å². The van der Waals surface area contributed by atoms with Crippen molar-refractivity contribution in [3.8, 4) is 11.8 Å². The summed E-state index contributed by atoms with van der Waals surface area (Å²) in [5.41, 5.74) is 0.835. The summed E-state index contributed by atoms with van der Waals surface area (Å²) in [5.74, 6) is 0.341. The molecule has 0 aromatic heterocycles. The first-order chi connectivity index (χ1) is 10.7. The van der Waals surface area contributed by atoms with Crippen molar-refractivity contribution in [1.82, 2.24) is 5.32 Å². The average molecular weight is 300 g/mol. The van der Waals surface area contributed by atoms with Gasteiger partial charge in [-0.2, -0.15) is 5.26 Å². The van der Waals surface area contributed by atoms with Crippen LogP contribution in [0.25, 0.3) is 6.08 Å². The van der Waals surface area contributed by atoms with Gasteiger partial charge in [0, 0.05) is 13.2 Å². The van der Waals surface area contributed by atoms with Crippen molar-refractivity contribution in [1.29, 1.82) is 5.26 Å². The molecule has 1 amide bonds. The number of rotatable bonds is 6. The number of nitrogens with one attached hydrogen (secondary N) is 1. The molecule has 1 aliphatic heterocycles. The van der Waals surface area contributed by atoms with Crippen LogP contribution in [0, 0.1) is 11.3 Å². The Morgan fingerprint density at radius 2 is 2.45 bits per heavy atom. The fourth-order valence-electron chi connectivity index (χ4n) is 2.28. The zero-order valence-corrected chi connectivity index (χ0v) is 12.7. The number of nitrogens with zero attached hydrogens (tertiary/aromatic N) is 1. The van der Waals surface area contributed by atoms with Gasteiger partial charge < -0.3 is 14.8 Å². The Labute approximate surface area is 130 Å². The van der Waals surface area contributed by atoms with Crippen LogP contribution in [0.15, 0.2) is 29.8 Å². The first-order valence-corrected chi connectivity index (χ1v) is 7.47. The molecule has 0 aliphatic carbocycles. The molecule has 1 heterocycles. The first-order valence-electron chi connectivity index (χ1n) is 7.47.